The largest absolute Gasteiger partial charge is 0.479 e. The molecule has 16 nitrogen and oxygen atoms in total. The van der Waals surface area contributed by atoms with Crippen LogP contribution in [0.5, 0.6) is 0 Å². The van der Waals surface area contributed by atoms with Crippen molar-refractivity contribution in [3.8, 4) is 0 Å². The minimum atomic E-state index is -5.31. The van der Waals surface area contributed by atoms with Crippen molar-refractivity contribution in [3.63, 3.8) is 0 Å². The van der Waals surface area contributed by atoms with E-state index in [0.29, 0.717) is 11.2 Å². The van der Waals surface area contributed by atoms with Crippen LogP contribution in [0.1, 0.15) is 12.6 Å². The number of imidazole rings is 1. The van der Waals surface area contributed by atoms with Gasteiger partial charge in [0.15, 0.2) is 11.5 Å². The van der Waals surface area contributed by atoms with Gasteiger partial charge in [-0.3, -0.25) is 18.2 Å². The van der Waals surface area contributed by atoms with Gasteiger partial charge in [0.05, 0.1) is 19.0 Å². The zero-order valence-electron chi connectivity index (χ0n) is 15.1. The number of rotatable bonds is 8. The number of halogens is 1. The maximum absolute atomic E-state index is 12.0. The van der Waals surface area contributed by atoms with Crippen molar-refractivity contribution in [1.29, 1.82) is 0 Å². The number of anilines is 1. The zero-order valence-corrected chi connectivity index (χ0v) is 19.4. The highest BCUT2D eigenvalue weighted by Crippen LogP contribution is 2.71. The molecule has 1 saturated heterocycles. The van der Waals surface area contributed by atoms with Crippen LogP contribution in [-0.2, 0) is 27.3 Å². The van der Waals surface area contributed by atoms with Gasteiger partial charge in [-0.2, -0.15) is 0 Å². The molecule has 0 saturated carbocycles. The topological polar surface area (TPSA) is 250 Å². The molecule has 2 aromatic heterocycles. The number of ether oxygens (including phenoxy) is 1. The number of hydrogen-bond donors (Lipinski definition) is 6. The third-order valence-electron chi connectivity index (χ3n) is 4.07. The number of nitrogens with two attached hydrogens (primary N) is 1. The van der Waals surface area contributed by atoms with Crippen LogP contribution in [0.4, 0.5) is 5.82 Å². The number of phosphoric ester groups is 1. The number of nitrogen functional groups attached to an aromatic ring is 1. The molecule has 174 valence electrons. The number of alkyl halides is 1. The van der Waals surface area contributed by atoms with Gasteiger partial charge in [-0.15, -0.1) is 0 Å². The summed E-state index contributed by atoms with van der Waals surface area (Å²) in [5.74, 6) is 0.134. The first-order chi connectivity index (χ1) is 14.2. The Morgan fingerprint density at radius 3 is 2.58 bits per heavy atom. The van der Waals surface area contributed by atoms with Gasteiger partial charge in [-0.05, 0) is 0 Å². The number of nitrogens with zero attached hydrogens (tertiary/aromatic N) is 4. The monoisotopic (exact) mass is 567 g/mol. The first-order valence-electron chi connectivity index (χ1n) is 8.18. The molecule has 7 N–H and O–H groups in total. The molecule has 2 aromatic rings. The minimum absolute atomic E-state index is 0.0140. The summed E-state index contributed by atoms with van der Waals surface area (Å²) in [6, 6.07) is 0. The van der Waals surface area contributed by atoms with Crippen molar-refractivity contribution < 1.29 is 51.9 Å². The van der Waals surface area contributed by atoms with Crippen molar-refractivity contribution in [3.05, 3.63) is 12.7 Å². The Morgan fingerprint density at radius 2 is 1.94 bits per heavy atom. The van der Waals surface area contributed by atoms with Crippen LogP contribution in [0.25, 0.3) is 11.2 Å². The minimum Gasteiger partial charge on any atom is -0.390 e. The van der Waals surface area contributed by atoms with E-state index >= 15 is 0 Å². The van der Waals surface area contributed by atoms with E-state index in [0.717, 1.165) is 0 Å². The second kappa shape index (κ2) is 8.86. The molecular formula is C11H17BrN5O11P3. The number of fused-ring (bicyclic) bond motifs is 1. The van der Waals surface area contributed by atoms with Gasteiger partial charge in [-0.25, -0.2) is 23.8 Å². The maximum Gasteiger partial charge on any atom is 0.479 e. The van der Waals surface area contributed by atoms with Crippen molar-refractivity contribution in [1.82, 2.24) is 19.5 Å². The molecule has 0 radical (unpaired) electrons. The summed E-state index contributed by atoms with van der Waals surface area (Å²) in [6.45, 7) is -0.752. The van der Waals surface area contributed by atoms with Gasteiger partial charge in [0.25, 0.3) is 0 Å². The van der Waals surface area contributed by atoms with E-state index in [1.807, 2.05) is 0 Å². The third kappa shape index (κ3) is 5.58. The second-order valence-electron chi connectivity index (χ2n) is 6.33. The standard InChI is InChI=1S/C11H17BrN5O11P3/c12-11(29(19,20)21)30(22,23)28-31(24,25)26-2-6-5(18)1-7(27-6)17-4-16-8-9(13)14-3-15-10(8)17/h3-7,11,18H,1-2H2,(H,22,23)(H,24,25)(H2,13,14,15)(H2,19,20,21)/t5-,6+,7+,11?/m0/s1. The van der Waals surface area contributed by atoms with Gasteiger partial charge in [0.2, 0.25) is 4.31 Å². The predicted molar refractivity (Wildman–Crippen MR) is 106 cm³/mol. The van der Waals surface area contributed by atoms with Crippen LogP contribution in [0, 0.1) is 0 Å². The van der Waals surface area contributed by atoms with Gasteiger partial charge in [-0.1, -0.05) is 15.9 Å². The fraction of sp³-hybridized carbons (Fsp3) is 0.545. The molecule has 1 fully saturated rings. The van der Waals surface area contributed by atoms with Gasteiger partial charge in [0, 0.05) is 6.42 Å². The first-order valence-corrected chi connectivity index (χ1v) is 13.9. The van der Waals surface area contributed by atoms with Crippen LogP contribution in [0.2, 0.25) is 0 Å². The van der Waals surface area contributed by atoms with Crippen molar-refractivity contribution in [2.75, 3.05) is 12.3 Å². The molecule has 6 atom stereocenters. The molecule has 20 heteroatoms. The lowest BCUT2D eigenvalue weighted by Gasteiger charge is -2.22. The highest BCUT2D eigenvalue weighted by molar-refractivity contribution is 9.12. The second-order valence-corrected chi connectivity index (χ2v) is 14.3. The number of hydrogen-bond acceptors (Lipinski definition) is 11. The van der Waals surface area contributed by atoms with Crippen LogP contribution in [0.3, 0.4) is 0 Å². The molecule has 3 rings (SSSR count). The maximum atomic E-state index is 12.0. The van der Waals surface area contributed by atoms with Crippen LogP contribution < -0.4 is 5.73 Å². The lowest BCUT2D eigenvalue weighted by atomic mass is 10.2. The van der Waals surface area contributed by atoms with E-state index in [1.165, 1.54) is 17.2 Å². The molecule has 0 spiro atoms. The van der Waals surface area contributed by atoms with Crippen molar-refractivity contribution >= 4 is 55.9 Å². The van der Waals surface area contributed by atoms with Crippen molar-refractivity contribution in [2.45, 2.75) is 29.2 Å². The lowest BCUT2D eigenvalue weighted by molar-refractivity contribution is -0.0421. The summed E-state index contributed by atoms with van der Waals surface area (Å²) in [5.41, 5.74) is 6.34. The molecule has 1 aliphatic heterocycles. The number of aromatic nitrogens is 4. The zero-order chi connectivity index (χ0) is 23.2. The average molecular weight is 568 g/mol. The van der Waals surface area contributed by atoms with E-state index in [9.17, 15) is 28.6 Å². The van der Waals surface area contributed by atoms with Crippen LogP contribution >= 0.6 is 38.9 Å². The fourth-order valence-electron chi connectivity index (χ4n) is 2.68. The summed E-state index contributed by atoms with van der Waals surface area (Å²) in [4.78, 5) is 49.0. The Bertz CT molecular complexity index is 1110. The smallest absolute Gasteiger partial charge is 0.390 e. The fourth-order valence-corrected chi connectivity index (χ4v) is 7.28. The number of aliphatic hydroxyl groups excluding tert-OH is 1. The molecule has 3 heterocycles. The predicted octanol–water partition coefficient (Wildman–Crippen LogP) is 0.232. The summed E-state index contributed by atoms with van der Waals surface area (Å²) in [5, 5.41) is 10.2. The van der Waals surface area contributed by atoms with E-state index in [-0.39, 0.29) is 12.2 Å². The van der Waals surface area contributed by atoms with E-state index in [1.54, 1.807) is 0 Å². The Kier molecular flexibility index (Phi) is 7.10. The molecule has 0 bridgehead atoms. The van der Waals surface area contributed by atoms with Gasteiger partial charge < -0.3 is 35.2 Å². The molecule has 0 aromatic carbocycles. The Morgan fingerprint density at radius 1 is 1.26 bits per heavy atom. The van der Waals surface area contributed by atoms with Crippen LogP contribution in [0.15, 0.2) is 12.7 Å². The quantitative estimate of drug-likeness (QED) is 0.184. The molecule has 1 aliphatic rings. The number of aliphatic hydroxyl groups is 1. The van der Waals surface area contributed by atoms with Gasteiger partial charge in [0.1, 0.15) is 24.2 Å². The van der Waals surface area contributed by atoms with E-state index in [2.05, 4.69) is 39.7 Å². The van der Waals surface area contributed by atoms with Crippen molar-refractivity contribution in [2.24, 2.45) is 0 Å². The van der Waals surface area contributed by atoms with E-state index in [4.69, 9.17) is 20.3 Å². The Hall–Kier alpha value is -0.800. The SMILES string of the molecule is Nc1ncnc2c1ncn2[C@H]1C[C@H](O)[C@@H](COP(=O)(O)OP(=O)(O)C(Br)P(=O)(O)O)O1. The summed E-state index contributed by atoms with van der Waals surface area (Å²) in [7, 11) is -15.8. The molecule has 31 heavy (non-hydrogen) atoms. The summed E-state index contributed by atoms with van der Waals surface area (Å²) >= 11 is 2.27. The molecule has 3 unspecified atom stereocenters. The van der Waals surface area contributed by atoms with E-state index < -0.39 is 52.4 Å². The highest BCUT2D eigenvalue weighted by atomic mass is 79.9. The number of phosphoric acid groups is 1. The lowest BCUT2D eigenvalue weighted by Crippen LogP contribution is -2.26. The third-order valence-corrected chi connectivity index (χ3v) is 12.3. The highest BCUT2D eigenvalue weighted by Gasteiger charge is 2.48. The molecule has 0 aliphatic carbocycles. The molecule has 0 amide bonds. The summed E-state index contributed by atoms with van der Waals surface area (Å²) < 4.78 is 48.2. The first kappa shape index (κ1) is 24.8. The normalized spacial score (nSPS) is 27.1. The Labute approximate surface area is 181 Å². The summed E-state index contributed by atoms with van der Waals surface area (Å²) in [6.07, 6.45) is -0.556. The van der Waals surface area contributed by atoms with Crippen LogP contribution in [-0.4, -0.2) is 67.3 Å². The average Bonchev–Trinajstić information content (AvgIpc) is 3.22. The van der Waals surface area contributed by atoms with Gasteiger partial charge >= 0.3 is 23.0 Å². The Balaban J connectivity index is 1.65. The molecular weight excluding hydrogens is 551 g/mol.